The first-order chi connectivity index (χ1) is 20.5. The van der Waals surface area contributed by atoms with E-state index in [2.05, 4.69) is 17.6 Å². The summed E-state index contributed by atoms with van der Waals surface area (Å²) < 4.78 is 6.01. The third kappa shape index (κ3) is 11.1. The fourth-order valence-electron chi connectivity index (χ4n) is 4.95. The normalized spacial score (nSPS) is 10.8. The number of nitrogens with two attached hydrogens (primary N) is 1. The number of nitrogen functional groups attached to an aromatic ring is 1. The quantitative estimate of drug-likeness (QED) is 0.0793. The fraction of sp³-hybridized carbons (Fsp3) is 0.429. The molecule has 7 nitrogen and oxygen atoms in total. The van der Waals surface area contributed by atoms with Crippen LogP contribution in [0.1, 0.15) is 110 Å². The molecule has 0 saturated heterocycles. The first kappa shape index (κ1) is 32.5. The van der Waals surface area contributed by atoms with E-state index in [0.717, 1.165) is 24.1 Å². The van der Waals surface area contributed by atoms with Crippen molar-refractivity contribution in [1.29, 1.82) is 0 Å². The molecule has 226 valence electrons. The summed E-state index contributed by atoms with van der Waals surface area (Å²) >= 11 is 0. The molecule has 42 heavy (non-hydrogen) atoms. The third-order valence-electron chi connectivity index (χ3n) is 7.42. The number of amides is 1. The molecule has 0 heterocycles. The SMILES string of the molecule is CCCCCCCCCCCCCCOc1cc(NCc2ccccc2NC(=O)c2ccccc2C(=O)O)ccc1N. The van der Waals surface area contributed by atoms with Crippen LogP contribution in [0.15, 0.2) is 66.7 Å². The Hall–Kier alpha value is -4.00. The van der Waals surface area contributed by atoms with Gasteiger partial charge >= 0.3 is 5.97 Å². The molecule has 3 aromatic carbocycles. The van der Waals surface area contributed by atoms with Gasteiger partial charge in [-0.2, -0.15) is 0 Å². The molecule has 0 aliphatic rings. The van der Waals surface area contributed by atoms with Crippen molar-refractivity contribution in [2.24, 2.45) is 0 Å². The Morgan fingerprint density at radius 2 is 1.36 bits per heavy atom. The minimum atomic E-state index is -1.14. The summed E-state index contributed by atoms with van der Waals surface area (Å²) in [4.78, 5) is 24.4. The van der Waals surface area contributed by atoms with Gasteiger partial charge in [-0.15, -0.1) is 0 Å². The maximum Gasteiger partial charge on any atom is 0.336 e. The van der Waals surface area contributed by atoms with Crippen LogP contribution in [0.4, 0.5) is 17.1 Å². The molecule has 0 fully saturated rings. The van der Waals surface area contributed by atoms with Gasteiger partial charge in [0.05, 0.1) is 23.4 Å². The van der Waals surface area contributed by atoms with Gasteiger partial charge in [0.1, 0.15) is 5.75 Å². The molecule has 3 aromatic rings. The highest BCUT2D eigenvalue weighted by Crippen LogP contribution is 2.27. The van der Waals surface area contributed by atoms with E-state index >= 15 is 0 Å². The second-order valence-corrected chi connectivity index (χ2v) is 10.8. The highest BCUT2D eigenvalue weighted by Gasteiger charge is 2.17. The van der Waals surface area contributed by atoms with Crippen LogP contribution in [0.3, 0.4) is 0 Å². The average Bonchev–Trinajstić information content (AvgIpc) is 3.00. The summed E-state index contributed by atoms with van der Waals surface area (Å²) in [7, 11) is 0. The van der Waals surface area contributed by atoms with Crippen molar-refractivity contribution < 1.29 is 19.4 Å². The lowest BCUT2D eigenvalue weighted by atomic mass is 10.1. The van der Waals surface area contributed by atoms with E-state index in [1.807, 2.05) is 36.4 Å². The zero-order valence-electron chi connectivity index (χ0n) is 25.0. The van der Waals surface area contributed by atoms with Gasteiger partial charge in [0.25, 0.3) is 5.91 Å². The first-order valence-corrected chi connectivity index (χ1v) is 15.5. The number of carboxylic acid groups (broad SMARTS) is 1. The molecule has 5 N–H and O–H groups in total. The molecule has 0 spiro atoms. The number of carbonyl (C=O) groups excluding carboxylic acids is 1. The molecule has 0 aliphatic carbocycles. The molecule has 0 aromatic heterocycles. The number of anilines is 3. The van der Waals surface area contributed by atoms with Crippen LogP contribution in [0, 0.1) is 0 Å². The second-order valence-electron chi connectivity index (χ2n) is 10.8. The molecule has 1 amide bonds. The topological polar surface area (TPSA) is 114 Å². The number of unbranched alkanes of at least 4 members (excludes halogenated alkanes) is 11. The second kappa shape index (κ2) is 18.4. The monoisotopic (exact) mass is 573 g/mol. The van der Waals surface area contributed by atoms with Crippen molar-refractivity contribution in [3.63, 3.8) is 0 Å². The smallest absolute Gasteiger partial charge is 0.336 e. The number of rotatable bonds is 20. The van der Waals surface area contributed by atoms with Gasteiger partial charge in [-0.1, -0.05) is 108 Å². The van der Waals surface area contributed by atoms with E-state index in [9.17, 15) is 14.7 Å². The minimum Gasteiger partial charge on any atom is -0.491 e. The number of carbonyl (C=O) groups is 2. The predicted octanol–water partition coefficient (Wildman–Crippen LogP) is 8.91. The lowest BCUT2D eigenvalue weighted by Crippen LogP contribution is -2.17. The molecular weight excluding hydrogens is 526 g/mol. The van der Waals surface area contributed by atoms with Crippen molar-refractivity contribution in [1.82, 2.24) is 0 Å². The lowest BCUT2D eigenvalue weighted by Gasteiger charge is -2.15. The Bertz CT molecular complexity index is 1260. The minimum absolute atomic E-state index is 0.0384. The summed E-state index contributed by atoms with van der Waals surface area (Å²) in [5.41, 5.74) is 9.16. The number of hydrogen-bond acceptors (Lipinski definition) is 5. The first-order valence-electron chi connectivity index (χ1n) is 15.5. The van der Waals surface area contributed by atoms with Crippen LogP contribution in [0.2, 0.25) is 0 Å². The van der Waals surface area contributed by atoms with Crippen LogP contribution in [-0.4, -0.2) is 23.6 Å². The van der Waals surface area contributed by atoms with Gasteiger partial charge in [0, 0.05) is 24.0 Å². The van der Waals surface area contributed by atoms with Crippen LogP contribution >= 0.6 is 0 Å². The molecule has 3 rings (SSSR count). The van der Waals surface area contributed by atoms with Crippen molar-refractivity contribution >= 4 is 28.9 Å². The van der Waals surface area contributed by atoms with Crippen LogP contribution < -0.4 is 21.1 Å². The summed E-state index contributed by atoms with van der Waals surface area (Å²) in [6, 6.07) is 19.2. The van der Waals surface area contributed by atoms with Gasteiger partial charge in [-0.25, -0.2) is 4.79 Å². The van der Waals surface area contributed by atoms with E-state index < -0.39 is 11.9 Å². The standard InChI is InChI=1S/C35H47N3O4/c1-2-3-4-5-6-7-8-9-10-11-12-17-24-42-33-25-28(22-23-31(33)36)37-26-27-18-13-16-21-32(27)38-34(39)29-19-14-15-20-30(29)35(40)41/h13-16,18-23,25,37H,2-12,17,24,26,36H2,1H3,(H,38,39)(H,40,41). The molecule has 0 radical (unpaired) electrons. The lowest BCUT2D eigenvalue weighted by molar-refractivity contribution is 0.0692. The van der Waals surface area contributed by atoms with Crippen molar-refractivity contribution in [2.75, 3.05) is 23.0 Å². The number of para-hydroxylation sites is 1. The van der Waals surface area contributed by atoms with E-state index in [1.54, 1.807) is 18.2 Å². The van der Waals surface area contributed by atoms with Crippen molar-refractivity contribution in [3.8, 4) is 5.75 Å². The van der Waals surface area contributed by atoms with Gasteiger partial charge < -0.3 is 26.2 Å². The van der Waals surface area contributed by atoms with Crippen LogP contribution in [0.5, 0.6) is 5.75 Å². The molecule has 7 heteroatoms. The summed E-state index contributed by atoms with van der Waals surface area (Å²) in [6.07, 6.45) is 15.6. The van der Waals surface area contributed by atoms with Gasteiger partial charge in [-0.05, 0) is 42.3 Å². The van der Waals surface area contributed by atoms with Crippen LogP contribution in [0.25, 0.3) is 0 Å². The molecule has 0 aliphatic heterocycles. The Labute approximate surface area is 250 Å². The number of hydrogen-bond donors (Lipinski definition) is 4. The number of benzene rings is 3. The fourth-order valence-corrected chi connectivity index (χ4v) is 4.95. The summed E-state index contributed by atoms with van der Waals surface area (Å²) in [5.74, 6) is -0.952. The molecule has 0 saturated carbocycles. The molecule has 0 bridgehead atoms. The van der Waals surface area contributed by atoms with E-state index in [0.29, 0.717) is 30.3 Å². The highest BCUT2D eigenvalue weighted by atomic mass is 16.5. The van der Waals surface area contributed by atoms with Gasteiger partial charge in [0.2, 0.25) is 0 Å². The molecule has 0 unspecified atom stereocenters. The maximum absolute atomic E-state index is 12.9. The number of aromatic carboxylic acids is 1. The Morgan fingerprint density at radius 1 is 0.762 bits per heavy atom. The number of nitrogens with one attached hydrogen (secondary N) is 2. The molecule has 0 atom stereocenters. The third-order valence-corrected chi connectivity index (χ3v) is 7.42. The number of ether oxygens (including phenoxy) is 1. The number of carboxylic acids is 1. The Kier molecular flexibility index (Phi) is 14.3. The van der Waals surface area contributed by atoms with E-state index in [1.165, 1.54) is 76.3 Å². The van der Waals surface area contributed by atoms with Crippen molar-refractivity contribution in [3.05, 3.63) is 83.4 Å². The largest absolute Gasteiger partial charge is 0.491 e. The van der Waals surface area contributed by atoms with E-state index in [-0.39, 0.29) is 11.1 Å². The maximum atomic E-state index is 12.9. The zero-order valence-corrected chi connectivity index (χ0v) is 25.0. The Morgan fingerprint density at radius 3 is 2.02 bits per heavy atom. The predicted molar refractivity (Wildman–Crippen MR) is 173 cm³/mol. The van der Waals surface area contributed by atoms with Crippen molar-refractivity contribution in [2.45, 2.75) is 90.5 Å². The van der Waals surface area contributed by atoms with Gasteiger partial charge in [0.15, 0.2) is 0 Å². The highest BCUT2D eigenvalue weighted by molar-refractivity contribution is 6.10. The van der Waals surface area contributed by atoms with Gasteiger partial charge in [-0.3, -0.25) is 4.79 Å². The van der Waals surface area contributed by atoms with Crippen LogP contribution in [-0.2, 0) is 6.54 Å². The zero-order chi connectivity index (χ0) is 30.0. The average molecular weight is 574 g/mol. The van der Waals surface area contributed by atoms with E-state index in [4.69, 9.17) is 10.5 Å². The Balaban J connectivity index is 1.42. The summed E-state index contributed by atoms with van der Waals surface area (Å²) in [5, 5.41) is 15.7. The molecular formula is C35H47N3O4. The summed E-state index contributed by atoms with van der Waals surface area (Å²) in [6.45, 7) is 3.34.